The van der Waals surface area contributed by atoms with Crippen LogP contribution in [0.5, 0.6) is 0 Å². The van der Waals surface area contributed by atoms with Crippen molar-refractivity contribution in [3.63, 3.8) is 0 Å². The van der Waals surface area contributed by atoms with Crippen molar-refractivity contribution in [2.45, 2.75) is 0 Å². The number of halogens is 1. The zero-order valence-corrected chi connectivity index (χ0v) is 8.92. The van der Waals surface area contributed by atoms with Gasteiger partial charge in [-0.05, 0) is 29.6 Å². The molecule has 80 valence electrons. The fourth-order valence-corrected chi connectivity index (χ4v) is 2.43. The van der Waals surface area contributed by atoms with Crippen LogP contribution in [-0.4, -0.2) is 9.55 Å². The normalized spacial score (nSPS) is 11.1. The molecule has 3 rings (SSSR count). The third-order valence-electron chi connectivity index (χ3n) is 2.37. The summed E-state index contributed by atoms with van der Waals surface area (Å²) in [6.45, 7) is 0. The quantitative estimate of drug-likeness (QED) is 0.690. The number of nitrogens with one attached hydrogen (secondary N) is 1. The summed E-state index contributed by atoms with van der Waals surface area (Å²) in [6, 6.07) is 7.93. The highest BCUT2D eigenvalue weighted by atomic mass is 32.1. The molecule has 1 N–H and O–H groups in total. The molecule has 16 heavy (non-hydrogen) atoms. The van der Waals surface area contributed by atoms with Gasteiger partial charge in [0.05, 0.1) is 11.0 Å². The van der Waals surface area contributed by atoms with Gasteiger partial charge in [-0.15, -0.1) is 11.3 Å². The summed E-state index contributed by atoms with van der Waals surface area (Å²) < 4.78 is 14.6. The van der Waals surface area contributed by atoms with Crippen LogP contribution in [0.4, 0.5) is 4.39 Å². The molecule has 3 aromatic rings. The molecular weight excluding hydrogens is 227 g/mol. The van der Waals surface area contributed by atoms with Crippen LogP contribution in [0.3, 0.4) is 0 Å². The lowest BCUT2D eigenvalue weighted by molar-refractivity contribution is 0.629. The molecule has 0 radical (unpaired) electrons. The second kappa shape index (κ2) is 3.31. The fraction of sp³-hybridized carbons (Fsp3) is 0. The summed E-state index contributed by atoms with van der Waals surface area (Å²) in [5.41, 5.74) is 0.954. The number of aromatic amines is 1. The molecule has 0 saturated carbocycles. The first-order valence-corrected chi connectivity index (χ1v) is 5.58. The Morgan fingerprint density at radius 2 is 2.19 bits per heavy atom. The molecule has 1 aromatic carbocycles. The van der Waals surface area contributed by atoms with E-state index in [2.05, 4.69) is 4.98 Å². The van der Waals surface area contributed by atoms with Gasteiger partial charge >= 0.3 is 5.69 Å². The SMILES string of the molecule is O=c1[nH]c2ccc(F)cc2n1-c1cccs1. The van der Waals surface area contributed by atoms with E-state index in [-0.39, 0.29) is 11.5 Å². The fourth-order valence-electron chi connectivity index (χ4n) is 1.69. The Hall–Kier alpha value is -1.88. The molecule has 0 saturated heterocycles. The van der Waals surface area contributed by atoms with Gasteiger partial charge in [-0.25, -0.2) is 9.18 Å². The minimum atomic E-state index is -0.350. The highest BCUT2D eigenvalue weighted by molar-refractivity contribution is 7.12. The van der Waals surface area contributed by atoms with Gasteiger partial charge in [0.2, 0.25) is 0 Å². The van der Waals surface area contributed by atoms with E-state index in [4.69, 9.17) is 0 Å². The van der Waals surface area contributed by atoms with Crippen molar-refractivity contribution in [3.8, 4) is 5.00 Å². The van der Waals surface area contributed by atoms with Crippen molar-refractivity contribution < 1.29 is 4.39 Å². The largest absolute Gasteiger partial charge is 0.331 e. The molecule has 0 atom stereocenters. The van der Waals surface area contributed by atoms with Gasteiger partial charge in [-0.3, -0.25) is 4.57 Å². The Kier molecular flexibility index (Phi) is 1.94. The molecule has 0 bridgehead atoms. The van der Waals surface area contributed by atoms with E-state index in [1.807, 2.05) is 17.5 Å². The van der Waals surface area contributed by atoms with Crippen LogP contribution in [0.15, 0.2) is 40.5 Å². The van der Waals surface area contributed by atoms with Gasteiger partial charge < -0.3 is 4.98 Å². The number of imidazole rings is 1. The highest BCUT2D eigenvalue weighted by Gasteiger charge is 2.09. The van der Waals surface area contributed by atoms with Gasteiger partial charge in [0, 0.05) is 6.07 Å². The standard InChI is InChI=1S/C11H7FN2OS/c12-7-3-4-8-9(6-7)14(11(15)13-8)10-2-1-5-16-10/h1-6H,(H,13,15). The number of hydrogen-bond donors (Lipinski definition) is 1. The van der Waals surface area contributed by atoms with Crippen molar-refractivity contribution in [1.29, 1.82) is 0 Å². The average Bonchev–Trinajstić information content (AvgIpc) is 2.83. The Bertz CT molecular complexity index is 696. The zero-order chi connectivity index (χ0) is 11.1. The van der Waals surface area contributed by atoms with Crippen LogP contribution >= 0.6 is 11.3 Å². The summed E-state index contributed by atoms with van der Waals surface area (Å²) in [5.74, 6) is -0.350. The molecule has 2 heterocycles. The van der Waals surface area contributed by atoms with E-state index in [1.165, 1.54) is 28.0 Å². The molecule has 5 heteroatoms. The molecule has 0 spiro atoms. The van der Waals surface area contributed by atoms with E-state index in [0.29, 0.717) is 11.0 Å². The number of fused-ring (bicyclic) bond motifs is 1. The third-order valence-corrected chi connectivity index (χ3v) is 3.23. The van der Waals surface area contributed by atoms with Crippen LogP contribution in [0.1, 0.15) is 0 Å². The van der Waals surface area contributed by atoms with Gasteiger partial charge in [0.25, 0.3) is 0 Å². The monoisotopic (exact) mass is 234 g/mol. The second-order valence-corrected chi connectivity index (χ2v) is 4.30. The zero-order valence-electron chi connectivity index (χ0n) is 8.11. The predicted octanol–water partition coefficient (Wildman–Crippen LogP) is 2.52. The van der Waals surface area contributed by atoms with Gasteiger partial charge in [0.1, 0.15) is 10.8 Å². The average molecular weight is 234 g/mol. The lowest BCUT2D eigenvalue weighted by Gasteiger charge is -1.98. The number of rotatable bonds is 1. The maximum atomic E-state index is 13.1. The van der Waals surface area contributed by atoms with Crippen LogP contribution in [0.25, 0.3) is 16.0 Å². The smallest absolute Gasteiger partial charge is 0.305 e. The van der Waals surface area contributed by atoms with E-state index in [9.17, 15) is 9.18 Å². The molecule has 0 aliphatic carbocycles. The van der Waals surface area contributed by atoms with Crippen molar-refractivity contribution >= 4 is 22.4 Å². The maximum Gasteiger partial charge on any atom is 0.331 e. The van der Waals surface area contributed by atoms with Crippen LogP contribution in [0, 0.1) is 5.82 Å². The van der Waals surface area contributed by atoms with Gasteiger partial charge in [-0.2, -0.15) is 0 Å². The third kappa shape index (κ3) is 1.29. The summed E-state index contributed by atoms with van der Waals surface area (Å²) in [6.07, 6.45) is 0. The maximum absolute atomic E-state index is 13.1. The lowest BCUT2D eigenvalue weighted by Crippen LogP contribution is -2.13. The Morgan fingerprint density at radius 1 is 1.31 bits per heavy atom. The van der Waals surface area contributed by atoms with Crippen LogP contribution in [0.2, 0.25) is 0 Å². The Balaban J connectivity index is 2.43. The Labute approximate surface area is 93.8 Å². The molecular formula is C11H7FN2OS. The van der Waals surface area contributed by atoms with E-state index in [1.54, 1.807) is 6.07 Å². The van der Waals surface area contributed by atoms with E-state index >= 15 is 0 Å². The number of H-pyrrole nitrogens is 1. The second-order valence-electron chi connectivity index (χ2n) is 3.38. The van der Waals surface area contributed by atoms with Gasteiger partial charge in [0.15, 0.2) is 0 Å². The minimum absolute atomic E-state index is 0.247. The van der Waals surface area contributed by atoms with Crippen molar-refractivity contribution in [2.24, 2.45) is 0 Å². The number of thiophene rings is 1. The number of benzene rings is 1. The molecule has 0 aliphatic rings. The first-order valence-electron chi connectivity index (χ1n) is 4.70. The van der Waals surface area contributed by atoms with Crippen LogP contribution < -0.4 is 5.69 Å². The molecule has 0 unspecified atom stereocenters. The molecule has 0 aliphatic heterocycles. The van der Waals surface area contributed by atoms with Crippen LogP contribution in [-0.2, 0) is 0 Å². The molecule has 0 fully saturated rings. The minimum Gasteiger partial charge on any atom is -0.305 e. The van der Waals surface area contributed by atoms with E-state index < -0.39 is 0 Å². The summed E-state index contributed by atoms with van der Waals surface area (Å²) in [4.78, 5) is 14.4. The topological polar surface area (TPSA) is 37.8 Å². The van der Waals surface area contributed by atoms with Crippen molar-refractivity contribution in [2.75, 3.05) is 0 Å². The summed E-state index contributed by atoms with van der Waals surface area (Å²) in [7, 11) is 0. The number of aromatic nitrogens is 2. The first-order chi connectivity index (χ1) is 7.75. The Morgan fingerprint density at radius 3 is 2.94 bits per heavy atom. The number of hydrogen-bond acceptors (Lipinski definition) is 2. The summed E-state index contributed by atoms with van der Waals surface area (Å²) >= 11 is 1.44. The van der Waals surface area contributed by atoms with Crippen molar-refractivity contribution in [1.82, 2.24) is 9.55 Å². The molecule has 0 amide bonds. The van der Waals surface area contributed by atoms with E-state index in [0.717, 1.165) is 5.00 Å². The predicted molar refractivity (Wildman–Crippen MR) is 61.7 cm³/mol. The lowest BCUT2D eigenvalue weighted by atomic mass is 10.3. The first kappa shape index (κ1) is 9.35. The number of nitrogens with zero attached hydrogens (tertiary/aromatic N) is 1. The van der Waals surface area contributed by atoms with Crippen molar-refractivity contribution in [3.05, 3.63) is 52.0 Å². The molecule has 3 nitrogen and oxygen atoms in total. The molecule has 2 aromatic heterocycles. The van der Waals surface area contributed by atoms with Gasteiger partial charge in [-0.1, -0.05) is 0 Å². The highest BCUT2D eigenvalue weighted by Crippen LogP contribution is 2.19. The summed E-state index contributed by atoms with van der Waals surface area (Å²) in [5, 5.41) is 2.65.